The van der Waals surface area contributed by atoms with Gasteiger partial charge in [-0.15, -0.1) is 0 Å². The highest BCUT2D eigenvalue weighted by Crippen LogP contribution is 2.30. The van der Waals surface area contributed by atoms with Gasteiger partial charge in [0.1, 0.15) is 5.82 Å². The quantitative estimate of drug-likeness (QED) is 0.647. The third-order valence-corrected chi connectivity index (χ3v) is 3.66. The summed E-state index contributed by atoms with van der Waals surface area (Å²) in [5, 5.41) is 3.03. The van der Waals surface area contributed by atoms with Crippen LogP contribution in [0.5, 0.6) is 0 Å². The number of hydrogen-bond donors (Lipinski definition) is 2. The average Bonchev–Trinajstić information content (AvgIpc) is 2.46. The minimum Gasteiger partial charge on any atom is -0.465 e. The lowest BCUT2D eigenvalue weighted by molar-refractivity contribution is 0.0602. The molecule has 0 aromatic heterocycles. The Morgan fingerprint density at radius 3 is 2.71 bits per heavy atom. The number of nitrogens with two attached hydrogens (primary N) is 1. The molecule has 3 N–H and O–H groups in total. The molecule has 0 fully saturated rings. The van der Waals surface area contributed by atoms with Crippen LogP contribution >= 0.6 is 15.9 Å². The number of nitrogen functional groups attached to an aromatic ring is 1. The Morgan fingerprint density at radius 1 is 1.33 bits per heavy atom. The van der Waals surface area contributed by atoms with E-state index >= 15 is 0 Å². The number of rotatable bonds is 3. The Bertz CT molecular complexity index is 704. The highest BCUT2D eigenvalue weighted by atomic mass is 79.9. The van der Waals surface area contributed by atoms with E-state index in [9.17, 15) is 9.18 Å². The number of methoxy groups -OCH3 is 1. The number of aryl methyl sites for hydroxylation is 1. The molecular formula is C15H14BrFN2O2. The van der Waals surface area contributed by atoms with Crippen LogP contribution in [0.2, 0.25) is 0 Å². The summed E-state index contributed by atoms with van der Waals surface area (Å²) in [5.41, 5.74) is 8.41. The Kier molecular flexibility index (Phi) is 4.47. The number of para-hydroxylation sites is 1. The van der Waals surface area contributed by atoms with Crippen molar-refractivity contribution in [1.82, 2.24) is 0 Å². The second-order valence-corrected chi connectivity index (χ2v) is 5.32. The van der Waals surface area contributed by atoms with Gasteiger partial charge >= 0.3 is 5.97 Å². The van der Waals surface area contributed by atoms with Crippen molar-refractivity contribution in [3.05, 3.63) is 51.7 Å². The zero-order valence-corrected chi connectivity index (χ0v) is 13.1. The Hall–Kier alpha value is -2.08. The van der Waals surface area contributed by atoms with Crippen LogP contribution in [0, 0.1) is 12.7 Å². The minimum absolute atomic E-state index is 0.257. The molecule has 0 heterocycles. The van der Waals surface area contributed by atoms with Gasteiger partial charge in [0, 0.05) is 5.69 Å². The fraction of sp³-hybridized carbons (Fsp3) is 0.133. The van der Waals surface area contributed by atoms with Gasteiger partial charge in [0.2, 0.25) is 0 Å². The van der Waals surface area contributed by atoms with Crippen LogP contribution in [-0.2, 0) is 4.74 Å². The smallest absolute Gasteiger partial charge is 0.340 e. The Morgan fingerprint density at radius 2 is 2.05 bits per heavy atom. The van der Waals surface area contributed by atoms with Gasteiger partial charge in [-0.05, 0) is 52.7 Å². The molecule has 0 spiro atoms. The molecule has 0 radical (unpaired) electrons. The highest BCUT2D eigenvalue weighted by molar-refractivity contribution is 9.10. The standard InChI is InChI=1S/C15H14BrFN2O2/c1-8-6-10(16)11(17)7-13(8)19-12-5-3-4-9(14(12)18)15(20)21-2/h3-7,19H,18H2,1-2H3. The summed E-state index contributed by atoms with van der Waals surface area (Å²) in [7, 11) is 1.29. The number of ether oxygens (including phenoxy) is 1. The van der Waals surface area contributed by atoms with E-state index in [2.05, 4.69) is 26.0 Å². The maximum absolute atomic E-state index is 13.6. The normalized spacial score (nSPS) is 10.3. The number of esters is 1. The van der Waals surface area contributed by atoms with Gasteiger partial charge in [-0.3, -0.25) is 0 Å². The van der Waals surface area contributed by atoms with E-state index in [1.54, 1.807) is 24.3 Å². The number of carbonyl (C=O) groups is 1. The van der Waals surface area contributed by atoms with Crippen molar-refractivity contribution in [3.8, 4) is 0 Å². The summed E-state index contributed by atoms with van der Waals surface area (Å²) in [6, 6.07) is 7.99. The number of benzene rings is 2. The van der Waals surface area contributed by atoms with Crippen molar-refractivity contribution in [2.24, 2.45) is 0 Å². The van der Waals surface area contributed by atoms with Crippen LogP contribution in [0.3, 0.4) is 0 Å². The molecule has 0 saturated heterocycles. The van der Waals surface area contributed by atoms with Crippen LogP contribution in [-0.4, -0.2) is 13.1 Å². The molecule has 0 aliphatic heterocycles. The first kappa shape index (κ1) is 15.3. The maximum Gasteiger partial charge on any atom is 0.340 e. The van der Waals surface area contributed by atoms with Crippen molar-refractivity contribution in [1.29, 1.82) is 0 Å². The lowest BCUT2D eigenvalue weighted by atomic mass is 10.1. The van der Waals surface area contributed by atoms with Gasteiger partial charge in [-0.25, -0.2) is 9.18 Å². The molecule has 21 heavy (non-hydrogen) atoms. The summed E-state index contributed by atoms with van der Waals surface area (Å²) in [6.45, 7) is 1.84. The van der Waals surface area contributed by atoms with Gasteiger partial charge in [0.25, 0.3) is 0 Å². The second kappa shape index (κ2) is 6.13. The number of nitrogens with one attached hydrogen (secondary N) is 1. The van der Waals surface area contributed by atoms with Gasteiger partial charge < -0.3 is 15.8 Å². The molecule has 0 unspecified atom stereocenters. The zero-order chi connectivity index (χ0) is 15.6. The summed E-state index contributed by atoms with van der Waals surface area (Å²) in [6.07, 6.45) is 0. The fourth-order valence-corrected chi connectivity index (χ4v) is 2.35. The van der Waals surface area contributed by atoms with Crippen LogP contribution in [0.4, 0.5) is 21.5 Å². The summed E-state index contributed by atoms with van der Waals surface area (Å²) < 4.78 is 18.7. The first-order chi connectivity index (χ1) is 9.93. The largest absolute Gasteiger partial charge is 0.465 e. The van der Waals surface area contributed by atoms with Crippen molar-refractivity contribution < 1.29 is 13.9 Å². The molecule has 2 aromatic rings. The summed E-state index contributed by atoms with van der Waals surface area (Å²) >= 11 is 3.13. The Balaban J connectivity index is 2.41. The van der Waals surface area contributed by atoms with E-state index in [1.807, 2.05) is 6.92 Å². The monoisotopic (exact) mass is 352 g/mol. The molecule has 110 valence electrons. The number of halogens is 2. The number of hydrogen-bond acceptors (Lipinski definition) is 4. The van der Waals surface area contributed by atoms with E-state index in [0.29, 0.717) is 15.8 Å². The topological polar surface area (TPSA) is 64.3 Å². The molecule has 0 atom stereocenters. The lowest BCUT2D eigenvalue weighted by Crippen LogP contribution is -2.08. The summed E-state index contributed by atoms with van der Waals surface area (Å²) in [5.74, 6) is -0.902. The van der Waals surface area contributed by atoms with E-state index in [4.69, 9.17) is 5.73 Å². The first-order valence-corrected chi connectivity index (χ1v) is 6.92. The van der Waals surface area contributed by atoms with Crippen molar-refractivity contribution in [2.45, 2.75) is 6.92 Å². The van der Waals surface area contributed by atoms with Gasteiger partial charge in [-0.2, -0.15) is 0 Å². The van der Waals surface area contributed by atoms with Crippen LogP contribution in [0.1, 0.15) is 15.9 Å². The first-order valence-electron chi connectivity index (χ1n) is 6.13. The zero-order valence-electron chi connectivity index (χ0n) is 11.5. The predicted octanol–water partition coefficient (Wildman–Crippen LogP) is 4.01. The molecule has 0 amide bonds. The summed E-state index contributed by atoms with van der Waals surface area (Å²) in [4.78, 5) is 11.6. The average molecular weight is 353 g/mol. The molecule has 2 aromatic carbocycles. The van der Waals surface area contributed by atoms with Crippen LogP contribution < -0.4 is 11.1 Å². The molecule has 4 nitrogen and oxygen atoms in total. The number of anilines is 3. The predicted molar refractivity (Wildman–Crippen MR) is 84.3 cm³/mol. The van der Waals surface area contributed by atoms with Crippen molar-refractivity contribution >= 4 is 39.0 Å². The van der Waals surface area contributed by atoms with E-state index < -0.39 is 5.97 Å². The minimum atomic E-state index is -0.519. The van der Waals surface area contributed by atoms with Crippen molar-refractivity contribution in [2.75, 3.05) is 18.2 Å². The molecule has 0 saturated carbocycles. The van der Waals surface area contributed by atoms with Crippen molar-refractivity contribution in [3.63, 3.8) is 0 Å². The third-order valence-electron chi connectivity index (χ3n) is 3.05. The Labute approximate surface area is 130 Å². The maximum atomic E-state index is 13.6. The van der Waals surface area contributed by atoms with Gasteiger partial charge in [0.15, 0.2) is 0 Å². The second-order valence-electron chi connectivity index (χ2n) is 4.46. The van der Waals surface area contributed by atoms with Crippen LogP contribution in [0.15, 0.2) is 34.8 Å². The third kappa shape index (κ3) is 3.16. The van der Waals surface area contributed by atoms with E-state index in [0.717, 1.165) is 5.56 Å². The van der Waals surface area contributed by atoms with Crippen LogP contribution in [0.25, 0.3) is 0 Å². The molecule has 0 aliphatic rings. The van der Waals surface area contributed by atoms with E-state index in [-0.39, 0.29) is 17.1 Å². The fourth-order valence-electron chi connectivity index (χ4n) is 1.89. The van der Waals surface area contributed by atoms with Gasteiger partial charge in [0.05, 0.1) is 28.5 Å². The SMILES string of the molecule is COC(=O)c1cccc(Nc2cc(F)c(Br)cc2C)c1N. The molecule has 0 aliphatic carbocycles. The number of carbonyl (C=O) groups excluding carboxylic acids is 1. The van der Waals surface area contributed by atoms with E-state index in [1.165, 1.54) is 13.2 Å². The highest BCUT2D eigenvalue weighted by Gasteiger charge is 2.14. The molecular weight excluding hydrogens is 339 g/mol. The molecule has 0 bridgehead atoms. The molecule has 2 rings (SSSR count). The lowest BCUT2D eigenvalue weighted by Gasteiger charge is -2.14. The molecule has 6 heteroatoms. The van der Waals surface area contributed by atoms with Gasteiger partial charge in [-0.1, -0.05) is 6.07 Å².